The lowest BCUT2D eigenvalue weighted by Crippen LogP contribution is -2.08. The van der Waals surface area contributed by atoms with Gasteiger partial charge in [0.25, 0.3) is 0 Å². The van der Waals surface area contributed by atoms with E-state index in [9.17, 15) is 4.79 Å². The number of ketones is 1. The smallest absolute Gasteiger partial charge is 0.167 e. The van der Waals surface area contributed by atoms with Crippen molar-refractivity contribution in [2.75, 3.05) is 0 Å². The Morgan fingerprint density at radius 2 is 1.85 bits per heavy atom. The first kappa shape index (κ1) is 14.4. The highest BCUT2D eigenvalue weighted by atomic mass is 16.1. The lowest BCUT2D eigenvalue weighted by Gasteiger charge is -2.11. The molecular formula is C18H21NO. The zero-order chi connectivity index (χ0) is 14.4. The molecule has 0 bridgehead atoms. The van der Waals surface area contributed by atoms with Gasteiger partial charge in [0.2, 0.25) is 0 Å². The number of carbonyl (C=O) groups excluding carboxylic acids is 1. The minimum Gasteiger partial charge on any atom is -0.294 e. The van der Waals surface area contributed by atoms with Crippen molar-refractivity contribution in [3.05, 3.63) is 65.0 Å². The van der Waals surface area contributed by atoms with Crippen molar-refractivity contribution in [2.45, 2.75) is 39.5 Å². The third kappa shape index (κ3) is 3.32. The number of benzene rings is 1. The van der Waals surface area contributed by atoms with E-state index in [-0.39, 0.29) is 5.78 Å². The molecule has 0 spiro atoms. The fourth-order valence-corrected chi connectivity index (χ4v) is 2.53. The molecular weight excluding hydrogens is 246 g/mol. The van der Waals surface area contributed by atoms with Crippen LogP contribution in [0.5, 0.6) is 0 Å². The van der Waals surface area contributed by atoms with Crippen molar-refractivity contribution in [3.63, 3.8) is 0 Å². The number of hydrogen-bond acceptors (Lipinski definition) is 2. The number of pyridine rings is 1. The second-order valence-corrected chi connectivity index (χ2v) is 4.96. The average molecular weight is 267 g/mol. The maximum absolute atomic E-state index is 12.3. The van der Waals surface area contributed by atoms with Crippen LogP contribution in [0.3, 0.4) is 0 Å². The summed E-state index contributed by atoms with van der Waals surface area (Å²) in [5.74, 6) is 0.175. The number of hydrogen-bond donors (Lipinski definition) is 0. The second-order valence-electron chi connectivity index (χ2n) is 4.96. The summed E-state index contributed by atoms with van der Waals surface area (Å²) < 4.78 is 0. The molecule has 0 saturated heterocycles. The molecule has 20 heavy (non-hydrogen) atoms. The summed E-state index contributed by atoms with van der Waals surface area (Å²) >= 11 is 0. The lowest BCUT2D eigenvalue weighted by molar-refractivity contribution is 0.0992. The first-order chi connectivity index (χ1) is 9.76. The number of carbonyl (C=O) groups is 1. The van der Waals surface area contributed by atoms with Gasteiger partial charge in [0, 0.05) is 23.9 Å². The van der Waals surface area contributed by atoms with Crippen LogP contribution < -0.4 is 0 Å². The summed E-state index contributed by atoms with van der Waals surface area (Å²) in [5, 5.41) is 0. The van der Waals surface area contributed by atoms with Gasteiger partial charge in [0.1, 0.15) is 0 Å². The SMILES string of the molecule is CCCc1nccc(CC(=O)c2ccccc2)c1CC. The molecule has 2 nitrogen and oxygen atoms in total. The minimum atomic E-state index is 0.175. The Bertz CT molecular complexity index is 575. The number of aromatic nitrogens is 1. The van der Waals surface area contributed by atoms with Crippen LogP contribution in [0.25, 0.3) is 0 Å². The van der Waals surface area contributed by atoms with E-state index in [1.807, 2.05) is 42.6 Å². The first-order valence-electron chi connectivity index (χ1n) is 7.30. The molecule has 0 N–H and O–H groups in total. The maximum atomic E-state index is 12.3. The molecule has 0 saturated carbocycles. The molecule has 0 radical (unpaired) electrons. The van der Waals surface area contributed by atoms with Crippen molar-refractivity contribution in [1.82, 2.24) is 4.98 Å². The Balaban J connectivity index is 2.25. The molecule has 1 aromatic carbocycles. The van der Waals surface area contributed by atoms with Crippen LogP contribution in [0.15, 0.2) is 42.6 Å². The zero-order valence-corrected chi connectivity index (χ0v) is 12.2. The van der Waals surface area contributed by atoms with Gasteiger partial charge in [-0.15, -0.1) is 0 Å². The molecule has 0 atom stereocenters. The molecule has 1 heterocycles. The highest BCUT2D eigenvalue weighted by molar-refractivity contribution is 5.97. The largest absolute Gasteiger partial charge is 0.294 e. The van der Waals surface area contributed by atoms with E-state index in [0.29, 0.717) is 6.42 Å². The van der Waals surface area contributed by atoms with E-state index >= 15 is 0 Å². The highest BCUT2D eigenvalue weighted by Gasteiger charge is 2.12. The molecule has 0 aliphatic rings. The van der Waals surface area contributed by atoms with Crippen LogP contribution in [0.1, 0.15) is 47.4 Å². The summed E-state index contributed by atoms with van der Waals surface area (Å²) in [5.41, 5.74) is 4.30. The molecule has 2 heteroatoms. The summed E-state index contributed by atoms with van der Waals surface area (Å²) in [6.07, 6.45) is 5.29. The number of aryl methyl sites for hydroxylation is 1. The van der Waals surface area contributed by atoms with E-state index in [0.717, 1.165) is 36.1 Å². The summed E-state index contributed by atoms with van der Waals surface area (Å²) in [6, 6.07) is 11.5. The van der Waals surface area contributed by atoms with Gasteiger partial charge < -0.3 is 0 Å². The first-order valence-corrected chi connectivity index (χ1v) is 7.30. The van der Waals surface area contributed by atoms with Gasteiger partial charge in [0.15, 0.2) is 5.78 Å². The Hall–Kier alpha value is -1.96. The maximum Gasteiger partial charge on any atom is 0.167 e. The van der Waals surface area contributed by atoms with E-state index in [1.165, 1.54) is 5.56 Å². The normalized spacial score (nSPS) is 10.5. The molecule has 1 aromatic heterocycles. The lowest BCUT2D eigenvalue weighted by atomic mass is 9.95. The topological polar surface area (TPSA) is 30.0 Å². The Labute approximate surface area is 120 Å². The number of nitrogens with zero attached hydrogens (tertiary/aromatic N) is 1. The molecule has 0 aliphatic heterocycles. The summed E-state index contributed by atoms with van der Waals surface area (Å²) in [7, 11) is 0. The van der Waals surface area contributed by atoms with Crippen molar-refractivity contribution in [3.8, 4) is 0 Å². The molecule has 0 amide bonds. The van der Waals surface area contributed by atoms with Crippen molar-refractivity contribution < 1.29 is 4.79 Å². The van der Waals surface area contributed by atoms with Crippen LogP contribution in [0.2, 0.25) is 0 Å². The van der Waals surface area contributed by atoms with E-state index in [4.69, 9.17) is 0 Å². The van der Waals surface area contributed by atoms with Gasteiger partial charge in [-0.3, -0.25) is 9.78 Å². The molecule has 2 rings (SSSR count). The fourth-order valence-electron chi connectivity index (χ4n) is 2.53. The summed E-state index contributed by atoms with van der Waals surface area (Å²) in [4.78, 5) is 16.8. The van der Waals surface area contributed by atoms with Crippen LogP contribution in [-0.2, 0) is 19.3 Å². The van der Waals surface area contributed by atoms with Gasteiger partial charge in [-0.05, 0) is 30.0 Å². The Morgan fingerprint density at radius 1 is 1.10 bits per heavy atom. The fraction of sp³-hybridized carbons (Fsp3) is 0.333. The molecule has 0 fully saturated rings. The third-order valence-electron chi connectivity index (χ3n) is 3.53. The van der Waals surface area contributed by atoms with Crippen molar-refractivity contribution in [2.24, 2.45) is 0 Å². The van der Waals surface area contributed by atoms with Gasteiger partial charge in [-0.2, -0.15) is 0 Å². The summed E-state index contributed by atoms with van der Waals surface area (Å²) in [6.45, 7) is 4.29. The van der Waals surface area contributed by atoms with Crippen molar-refractivity contribution in [1.29, 1.82) is 0 Å². The van der Waals surface area contributed by atoms with E-state index in [1.54, 1.807) is 0 Å². The quantitative estimate of drug-likeness (QED) is 0.740. The van der Waals surface area contributed by atoms with Crippen LogP contribution in [0, 0.1) is 0 Å². The standard InChI is InChI=1S/C18H21NO/c1-3-8-17-16(4-2)15(11-12-19-17)13-18(20)14-9-6-5-7-10-14/h5-7,9-12H,3-4,8,13H2,1-2H3. The number of Topliss-reactive ketones (excluding diaryl/α,β-unsaturated/α-hetero) is 1. The molecule has 104 valence electrons. The minimum absolute atomic E-state index is 0.175. The van der Waals surface area contributed by atoms with Gasteiger partial charge in [-0.1, -0.05) is 50.6 Å². The Kier molecular flexibility index (Phi) is 5.05. The van der Waals surface area contributed by atoms with E-state index < -0.39 is 0 Å². The highest BCUT2D eigenvalue weighted by Crippen LogP contribution is 2.17. The van der Waals surface area contributed by atoms with Gasteiger partial charge in [-0.25, -0.2) is 0 Å². The number of rotatable bonds is 6. The van der Waals surface area contributed by atoms with Crippen molar-refractivity contribution >= 4 is 5.78 Å². The van der Waals surface area contributed by atoms with Crippen LogP contribution in [-0.4, -0.2) is 10.8 Å². The monoisotopic (exact) mass is 267 g/mol. The van der Waals surface area contributed by atoms with Crippen LogP contribution >= 0.6 is 0 Å². The average Bonchev–Trinajstić information content (AvgIpc) is 2.49. The zero-order valence-electron chi connectivity index (χ0n) is 12.2. The predicted molar refractivity (Wildman–Crippen MR) is 82.1 cm³/mol. The van der Waals surface area contributed by atoms with Crippen LogP contribution in [0.4, 0.5) is 0 Å². The van der Waals surface area contributed by atoms with Gasteiger partial charge >= 0.3 is 0 Å². The Morgan fingerprint density at radius 3 is 2.50 bits per heavy atom. The third-order valence-corrected chi connectivity index (χ3v) is 3.53. The van der Waals surface area contributed by atoms with E-state index in [2.05, 4.69) is 18.8 Å². The molecule has 2 aromatic rings. The molecule has 0 aliphatic carbocycles. The second kappa shape index (κ2) is 6.99. The van der Waals surface area contributed by atoms with Gasteiger partial charge in [0.05, 0.1) is 0 Å². The molecule has 0 unspecified atom stereocenters. The predicted octanol–water partition coefficient (Wildman–Crippen LogP) is 4.02.